The summed E-state index contributed by atoms with van der Waals surface area (Å²) >= 11 is 6.15. The lowest BCUT2D eigenvalue weighted by Crippen LogP contribution is -2.49. The number of hydrogen-bond donors (Lipinski definition) is 0. The van der Waals surface area contributed by atoms with E-state index in [1.54, 1.807) is 0 Å². The maximum Gasteiger partial charge on any atom is 0.247 e. The standard InChI is InChI=1S/C23H25ClN4O2/c1-16-3-6-18(7-4-16)23-26-25-21(30-23)9-10-22(29)28-13-11-27(12-14-28)20-15-19(24)8-5-17(20)2/h3-8,15H,9-14H2,1-2H3. The lowest BCUT2D eigenvalue weighted by atomic mass is 10.1. The first-order valence-corrected chi connectivity index (χ1v) is 10.6. The van der Waals surface area contributed by atoms with E-state index in [0.717, 1.165) is 29.4 Å². The predicted molar refractivity (Wildman–Crippen MR) is 118 cm³/mol. The van der Waals surface area contributed by atoms with Crippen molar-refractivity contribution in [1.29, 1.82) is 0 Å². The number of rotatable bonds is 5. The summed E-state index contributed by atoms with van der Waals surface area (Å²) in [6, 6.07) is 13.9. The summed E-state index contributed by atoms with van der Waals surface area (Å²) in [4.78, 5) is 16.8. The minimum atomic E-state index is 0.118. The van der Waals surface area contributed by atoms with E-state index in [0.29, 0.717) is 37.7 Å². The Hall–Kier alpha value is -2.86. The van der Waals surface area contributed by atoms with E-state index in [9.17, 15) is 4.79 Å². The first-order valence-electron chi connectivity index (χ1n) is 10.2. The van der Waals surface area contributed by atoms with Crippen LogP contribution in [0.15, 0.2) is 46.9 Å². The lowest BCUT2D eigenvalue weighted by molar-refractivity contribution is -0.131. The molecule has 2 aromatic carbocycles. The molecule has 0 saturated carbocycles. The van der Waals surface area contributed by atoms with Crippen LogP contribution in [0.5, 0.6) is 0 Å². The normalized spacial score (nSPS) is 14.2. The van der Waals surface area contributed by atoms with Gasteiger partial charge in [-0.25, -0.2) is 0 Å². The molecule has 1 aliphatic heterocycles. The van der Waals surface area contributed by atoms with Gasteiger partial charge in [0.1, 0.15) is 0 Å². The molecule has 1 aromatic heterocycles. The molecule has 6 nitrogen and oxygen atoms in total. The monoisotopic (exact) mass is 424 g/mol. The van der Waals surface area contributed by atoms with E-state index in [4.69, 9.17) is 16.0 Å². The number of amides is 1. The Morgan fingerprint density at radius 1 is 1.03 bits per heavy atom. The molecule has 7 heteroatoms. The third kappa shape index (κ3) is 4.65. The van der Waals surface area contributed by atoms with Crippen LogP contribution in [0.2, 0.25) is 5.02 Å². The van der Waals surface area contributed by atoms with E-state index in [-0.39, 0.29) is 5.91 Å². The van der Waals surface area contributed by atoms with Crippen molar-refractivity contribution in [2.75, 3.05) is 31.1 Å². The van der Waals surface area contributed by atoms with Crippen LogP contribution in [0.1, 0.15) is 23.4 Å². The molecule has 1 saturated heterocycles. The highest BCUT2D eigenvalue weighted by molar-refractivity contribution is 6.30. The fraction of sp³-hybridized carbons (Fsp3) is 0.348. The van der Waals surface area contributed by atoms with Crippen molar-refractivity contribution in [2.24, 2.45) is 0 Å². The second-order valence-electron chi connectivity index (χ2n) is 7.67. The molecule has 1 amide bonds. The number of piperazine rings is 1. The van der Waals surface area contributed by atoms with Crippen molar-refractivity contribution in [3.63, 3.8) is 0 Å². The van der Waals surface area contributed by atoms with Gasteiger partial charge in [0.15, 0.2) is 0 Å². The van der Waals surface area contributed by atoms with E-state index in [1.807, 2.05) is 54.3 Å². The maximum atomic E-state index is 12.6. The SMILES string of the molecule is Cc1ccc(-c2nnc(CCC(=O)N3CCN(c4cc(Cl)ccc4C)CC3)o2)cc1. The Labute approximate surface area is 181 Å². The number of benzene rings is 2. The van der Waals surface area contributed by atoms with Crippen molar-refractivity contribution >= 4 is 23.2 Å². The zero-order valence-electron chi connectivity index (χ0n) is 17.3. The quantitative estimate of drug-likeness (QED) is 0.611. The number of aryl methyl sites for hydroxylation is 3. The molecule has 0 spiro atoms. The molecule has 3 aromatic rings. The second kappa shape index (κ2) is 8.88. The number of anilines is 1. The van der Waals surface area contributed by atoms with Gasteiger partial charge < -0.3 is 14.2 Å². The molecular formula is C23H25ClN4O2. The number of halogens is 1. The number of nitrogens with zero attached hydrogens (tertiary/aromatic N) is 4. The average molecular weight is 425 g/mol. The fourth-order valence-electron chi connectivity index (χ4n) is 3.66. The Morgan fingerprint density at radius 2 is 1.77 bits per heavy atom. The van der Waals surface area contributed by atoms with Crippen molar-refractivity contribution in [3.05, 3.63) is 64.5 Å². The highest BCUT2D eigenvalue weighted by atomic mass is 35.5. The van der Waals surface area contributed by atoms with Crippen LogP contribution >= 0.6 is 11.6 Å². The van der Waals surface area contributed by atoms with Crippen LogP contribution in [-0.2, 0) is 11.2 Å². The molecule has 30 heavy (non-hydrogen) atoms. The minimum absolute atomic E-state index is 0.118. The Kier molecular flexibility index (Phi) is 6.04. The Morgan fingerprint density at radius 3 is 2.50 bits per heavy atom. The van der Waals surface area contributed by atoms with Crippen LogP contribution in [-0.4, -0.2) is 47.2 Å². The number of carbonyl (C=O) groups is 1. The van der Waals surface area contributed by atoms with Gasteiger partial charge in [-0.1, -0.05) is 35.4 Å². The van der Waals surface area contributed by atoms with E-state index in [2.05, 4.69) is 22.0 Å². The maximum absolute atomic E-state index is 12.6. The van der Waals surface area contributed by atoms with Crippen molar-refractivity contribution in [3.8, 4) is 11.5 Å². The summed E-state index contributed by atoms with van der Waals surface area (Å²) in [6.07, 6.45) is 0.817. The van der Waals surface area contributed by atoms with E-state index in [1.165, 1.54) is 11.1 Å². The van der Waals surface area contributed by atoms with Crippen molar-refractivity contribution in [2.45, 2.75) is 26.7 Å². The topological polar surface area (TPSA) is 62.5 Å². The Bertz CT molecular complexity index is 1020. The molecule has 1 aliphatic rings. The smallest absolute Gasteiger partial charge is 0.247 e. The van der Waals surface area contributed by atoms with Crippen LogP contribution in [0.25, 0.3) is 11.5 Å². The second-order valence-corrected chi connectivity index (χ2v) is 8.10. The number of aromatic nitrogens is 2. The summed E-state index contributed by atoms with van der Waals surface area (Å²) in [5.41, 5.74) is 4.40. The van der Waals surface area contributed by atoms with Crippen molar-refractivity contribution in [1.82, 2.24) is 15.1 Å². The zero-order valence-corrected chi connectivity index (χ0v) is 18.0. The third-order valence-electron chi connectivity index (χ3n) is 5.46. The summed E-state index contributed by atoms with van der Waals surface area (Å²) < 4.78 is 5.73. The van der Waals surface area contributed by atoms with Gasteiger partial charge in [0.2, 0.25) is 17.7 Å². The zero-order chi connectivity index (χ0) is 21.1. The first-order chi connectivity index (χ1) is 14.5. The van der Waals surface area contributed by atoms with Gasteiger partial charge in [-0.15, -0.1) is 10.2 Å². The van der Waals surface area contributed by atoms with Crippen LogP contribution in [0, 0.1) is 13.8 Å². The highest BCUT2D eigenvalue weighted by Crippen LogP contribution is 2.25. The van der Waals surface area contributed by atoms with Gasteiger partial charge >= 0.3 is 0 Å². The third-order valence-corrected chi connectivity index (χ3v) is 5.70. The molecule has 4 rings (SSSR count). The molecule has 1 fully saturated rings. The summed E-state index contributed by atoms with van der Waals surface area (Å²) in [5, 5.41) is 8.93. The van der Waals surface area contributed by atoms with Gasteiger partial charge in [-0.3, -0.25) is 4.79 Å². The largest absolute Gasteiger partial charge is 0.421 e. The molecule has 0 aliphatic carbocycles. The van der Waals surface area contributed by atoms with Crippen molar-refractivity contribution < 1.29 is 9.21 Å². The molecule has 0 radical (unpaired) electrons. The number of hydrogen-bond acceptors (Lipinski definition) is 5. The van der Waals surface area contributed by atoms with Gasteiger partial charge in [0.05, 0.1) is 0 Å². The Balaban J connectivity index is 1.29. The summed E-state index contributed by atoms with van der Waals surface area (Å²) in [6.45, 7) is 7.10. The highest BCUT2D eigenvalue weighted by Gasteiger charge is 2.22. The predicted octanol–water partition coefficient (Wildman–Crippen LogP) is 4.29. The van der Waals surface area contributed by atoms with Gasteiger partial charge in [-0.2, -0.15) is 0 Å². The molecular weight excluding hydrogens is 400 g/mol. The number of carbonyl (C=O) groups excluding carboxylic acids is 1. The van der Waals surface area contributed by atoms with Crippen LogP contribution in [0.3, 0.4) is 0 Å². The molecule has 0 atom stereocenters. The summed E-state index contributed by atoms with van der Waals surface area (Å²) in [7, 11) is 0. The van der Waals surface area contributed by atoms with Gasteiger partial charge in [-0.05, 0) is 43.7 Å². The van der Waals surface area contributed by atoms with E-state index < -0.39 is 0 Å². The van der Waals surface area contributed by atoms with Crippen LogP contribution < -0.4 is 4.90 Å². The minimum Gasteiger partial charge on any atom is -0.421 e. The van der Waals surface area contributed by atoms with E-state index >= 15 is 0 Å². The average Bonchev–Trinajstić information content (AvgIpc) is 3.23. The first kappa shape index (κ1) is 20.4. The summed E-state index contributed by atoms with van der Waals surface area (Å²) in [5.74, 6) is 1.10. The van der Waals surface area contributed by atoms with Crippen LogP contribution in [0.4, 0.5) is 5.69 Å². The van der Waals surface area contributed by atoms with Gasteiger partial charge in [0.25, 0.3) is 0 Å². The fourth-order valence-corrected chi connectivity index (χ4v) is 3.83. The molecule has 2 heterocycles. The molecule has 0 bridgehead atoms. The lowest BCUT2D eigenvalue weighted by Gasteiger charge is -2.37. The molecule has 156 valence electrons. The van der Waals surface area contributed by atoms with Gasteiger partial charge in [0, 0.05) is 55.3 Å². The molecule has 0 N–H and O–H groups in total. The molecule has 0 unspecified atom stereocenters.